The summed E-state index contributed by atoms with van der Waals surface area (Å²) < 4.78 is 15.5. The van der Waals surface area contributed by atoms with Crippen LogP contribution < -0.4 is 4.74 Å². The van der Waals surface area contributed by atoms with Crippen molar-refractivity contribution in [2.45, 2.75) is 45.8 Å². The van der Waals surface area contributed by atoms with Gasteiger partial charge in [-0.3, -0.25) is 0 Å². The lowest BCUT2D eigenvalue weighted by Crippen LogP contribution is -2.36. The molecule has 1 aliphatic rings. The molecule has 10 heteroatoms. The zero-order valence-corrected chi connectivity index (χ0v) is 18.2. The average molecular weight is 413 g/mol. The summed E-state index contributed by atoms with van der Waals surface area (Å²) in [5, 5.41) is 0. The second kappa shape index (κ2) is 7.26. The first kappa shape index (κ1) is 20.1. The van der Waals surface area contributed by atoms with Gasteiger partial charge in [-0.25, -0.2) is 19.7 Å². The number of carbonyl (C=O) groups excluding carboxylic acids is 1. The number of fused-ring (bicyclic) bond motifs is 1. The van der Waals surface area contributed by atoms with E-state index < -0.39 is 5.60 Å². The number of amides is 1. The molecule has 0 bridgehead atoms. The minimum atomic E-state index is -0.524. The van der Waals surface area contributed by atoms with Crippen molar-refractivity contribution in [3.63, 3.8) is 0 Å². The Labute approximate surface area is 174 Å². The first-order valence-electron chi connectivity index (χ1n) is 9.94. The van der Waals surface area contributed by atoms with Gasteiger partial charge >= 0.3 is 6.09 Å². The zero-order valence-electron chi connectivity index (χ0n) is 18.2. The van der Waals surface area contributed by atoms with Crippen LogP contribution in [0.2, 0.25) is 0 Å². The average Bonchev–Trinajstić information content (AvgIpc) is 3.35. The summed E-state index contributed by atoms with van der Waals surface area (Å²) in [5.41, 5.74) is 1.62. The molecule has 0 radical (unpaired) electrons. The van der Waals surface area contributed by atoms with Crippen LogP contribution in [0.3, 0.4) is 0 Å². The molecule has 30 heavy (non-hydrogen) atoms. The van der Waals surface area contributed by atoms with Crippen molar-refractivity contribution in [1.29, 1.82) is 0 Å². The molecule has 1 amide bonds. The number of nitrogens with zero attached hydrogens (tertiary/aromatic N) is 7. The van der Waals surface area contributed by atoms with Crippen molar-refractivity contribution in [1.82, 2.24) is 34.0 Å². The van der Waals surface area contributed by atoms with Gasteiger partial charge in [-0.2, -0.15) is 4.98 Å². The molecule has 1 fully saturated rings. The minimum Gasteiger partial charge on any atom is -0.471 e. The van der Waals surface area contributed by atoms with E-state index in [-0.39, 0.29) is 12.2 Å². The van der Waals surface area contributed by atoms with Crippen LogP contribution in [0.25, 0.3) is 22.7 Å². The maximum absolute atomic E-state index is 12.3. The molecule has 1 unspecified atom stereocenters. The number of hydrogen-bond donors (Lipinski definition) is 0. The Morgan fingerprint density at radius 3 is 2.60 bits per heavy atom. The van der Waals surface area contributed by atoms with Crippen LogP contribution in [0, 0.1) is 6.92 Å². The SMILES string of the molecule is Cc1ncc(-c2nc3c(OC4CCN(C(=O)OC(C)(C)C)C4)ncnc3n2C)n1C. The lowest BCUT2D eigenvalue weighted by molar-refractivity contribution is 0.0275. The number of hydrogen-bond acceptors (Lipinski definition) is 7. The molecule has 4 heterocycles. The molecule has 0 spiro atoms. The van der Waals surface area contributed by atoms with Crippen LogP contribution in [0.15, 0.2) is 12.5 Å². The van der Waals surface area contributed by atoms with Crippen molar-refractivity contribution >= 4 is 17.3 Å². The molecule has 0 aliphatic carbocycles. The number of imidazole rings is 2. The third-order valence-corrected chi connectivity index (χ3v) is 5.15. The third kappa shape index (κ3) is 3.69. The Balaban J connectivity index is 1.57. The van der Waals surface area contributed by atoms with E-state index in [1.807, 2.05) is 50.9 Å². The molecule has 4 rings (SSSR count). The Bertz CT molecular complexity index is 1100. The van der Waals surface area contributed by atoms with Crippen molar-refractivity contribution in [3.05, 3.63) is 18.3 Å². The predicted molar refractivity (Wildman–Crippen MR) is 110 cm³/mol. The summed E-state index contributed by atoms with van der Waals surface area (Å²) in [4.78, 5) is 31.8. The van der Waals surface area contributed by atoms with Crippen molar-refractivity contribution in [3.8, 4) is 17.4 Å². The van der Waals surface area contributed by atoms with Crippen LogP contribution in [0.1, 0.15) is 33.0 Å². The van der Waals surface area contributed by atoms with Gasteiger partial charge in [-0.15, -0.1) is 0 Å². The Morgan fingerprint density at radius 1 is 1.17 bits per heavy atom. The zero-order chi connectivity index (χ0) is 21.6. The van der Waals surface area contributed by atoms with Crippen LogP contribution in [0.5, 0.6) is 5.88 Å². The monoisotopic (exact) mass is 413 g/mol. The highest BCUT2D eigenvalue weighted by molar-refractivity contribution is 5.80. The van der Waals surface area contributed by atoms with Gasteiger partial charge in [0, 0.05) is 27.1 Å². The molecule has 1 saturated heterocycles. The molecule has 3 aromatic heterocycles. The number of aryl methyl sites for hydroxylation is 2. The maximum Gasteiger partial charge on any atom is 0.410 e. The summed E-state index contributed by atoms with van der Waals surface area (Å²) in [6.07, 6.45) is 3.46. The molecule has 10 nitrogen and oxygen atoms in total. The lowest BCUT2D eigenvalue weighted by atomic mass is 10.2. The number of carbonyl (C=O) groups is 1. The van der Waals surface area contributed by atoms with Crippen molar-refractivity contribution < 1.29 is 14.3 Å². The predicted octanol–water partition coefficient (Wildman–Crippen LogP) is 2.46. The van der Waals surface area contributed by atoms with Crippen molar-refractivity contribution in [2.75, 3.05) is 13.1 Å². The smallest absolute Gasteiger partial charge is 0.410 e. The summed E-state index contributed by atoms with van der Waals surface area (Å²) >= 11 is 0. The van der Waals surface area contributed by atoms with E-state index in [2.05, 4.69) is 15.0 Å². The number of aromatic nitrogens is 6. The van der Waals surface area contributed by atoms with Gasteiger partial charge in [-0.1, -0.05) is 0 Å². The van der Waals surface area contributed by atoms with Crippen LogP contribution in [-0.2, 0) is 18.8 Å². The lowest BCUT2D eigenvalue weighted by Gasteiger charge is -2.24. The maximum atomic E-state index is 12.3. The molecule has 1 atom stereocenters. The summed E-state index contributed by atoms with van der Waals surface area (Å²) in [5.74, 6) is 2.05. The Morgan fingerprint density at radius 2 is 1.93 bits per heavy atom. The summed E-state index contributed by atoms with van der Waals surface area (Å²) in [6, 6.07) is 0. The Kier molecular flexibility index (Phi) is 4.87. The molecule has 0 aromatic carbocycles. The fraction of sp³-hybridized carbons (Fsp3) is 0.550. The second-order valence-electron chi connectivity index (χ2n) is 8.55. The van der Waals surface area contributed by atoms with E-state index in [0.717, 1.165) is 17.3 Å². The fourth-order valence-electron chi connectivity index (χ4n) is 3.48. The van der Waals surface area contributed by atoms with Gasteiger partial charge < -0.3 is 23.5 Å². The van der Waals surface area contributed by atoms with E-state index in [4.69, 9.17) is 14.5 Å². The van der Waals surface area contributed by atoms with Crippen LogP contribution in [0.4, 0.5) is 4.79 Å². The quantitative estimate of drug-likeness (QED) is 0.650. The van der Waals surface area contributed by atoms with Gasteiger partial charge in [-0.05, 0) is 27.7 Å². The first-order valence-corrected chi connectivity index (χ1v) is 9.94. The second-order valence-corrected chi connectivity index (χ2v) is 8.55. The van der Waals surface area contributed by atoms with E-state index in [1.54, 1.807) is 11.1 Å². The van der Waals surface area contributed by atoms with Crippen molar-refractivity contribution in [2.24, 2.45) is 14.1 Å². The highest BCUT2D eigenvalue weighted by Gasteiger charge is 2.32. The van der Waals surface area contributed by atoms with E-state index in [0.29, 0.717) is 36.6 Å². The van der Waals surface area contributed by atoms with Gasteiger partial charge in [0.15, 0.2) is 17.0 Å². The minimum absolute atomic E-state index is 0.181. The van der Waals surface area contributed by atoms with Crippen LogP contribution >= 0.6 is 0 Å². The number of ether oxygens (including phenoxy) is 2. The van der Waals surface area contributed by atoms with E-state index in [1.165, 1.54) is 6.33 Å². The third-order valence-electron chi connectivity index (χ3n) is 5.15. The fourth-order valence-corrected chi connectivity index (χ4v) is 3.48. The van der Waals surface area contributed by atoms with Gasteiger partial charge in [0.1, 0.15) is 29.6 Å². The van der Waals surface area contributed by atoms with E-state index >= 15 is 0 Å². The van der Waals surface area contributed by atoms with Gasteiger partial charge in [0.2, 0.25) is 5.88 Å². The first-order chi connectivity index (χ1) is 14.1. The Hall–Kier alpha value is -3.17. The van der Waals surface area contributed by atoms with E-state index in [9.17, 15) is 4.79 Å². The molecule has 160 valence electrons. The molecular weight excluding hydrogens is 386 g/mol. The summed E-state index contributed by atoms with van der Waals surface area (Å²) in [6.45, 7) is 8.53. The van der Waals surface area contributed by atoms with Crippen LogP contribution in [-0.4, -0.2) is 64.9 Å². The summed E-state index contributed by atoms with van der Waals surface area (Å²) in [7, 11) is 3.85. The molecular formula is C20H27N7O3. The highest BCUT2D eigenvalue weighted by atomic mass is 16.6. The topological polar surface area (TPSA) is 100 Å². The molecule has 1 aliphatic heterocycles. The van der Waals surface area contributed by atoms with Gasteiger partial charge in [0.05, 0.1) is 12.7 Å². The van der Waals surface area contributed by atoms with Gasteiger partial charge in [0.25, 0.3) is 0 Å². The largest absolute Gasteiger partial charge is 0.471 e. The standard InChI is InChI=1S/C20H27N7O3/c1-12-21-9-14(25(12)5)16-24-15-17(26(16)6)22-11-23-18(15)29-13-7-8-27(10-13)19(28)30-20(2,3)4/h9,11,13H,7-8,10H2,1-6H3. The molecule has 0 saturated carbocycles. The highest BCUT2D eigenvalue weighted by Crippen LogP contribution is 2.28. The number of likely N-dealkylation sites (tertiary alicyclic amines) is 1. The molecule has 0 N–H and O–H groups in total. The number of rotatable bonds is 3. The molecule has 3 aromatic rings. The normalized spacial score (nSPS) is 17.0.